The summed E-state index contributed by atoms with van der Waals surface area (Å²) in [5.41, 5.74) is 9.85. The first-order valence-electron chi connectivity index (χ1n) is 15.2. The van der Waals surface area contributed by atoms with Crippen molar-refractivity contribution in [2.24, 2.45) is 11.7 Å². The number of carbonyl (C=O) groups is 4. The zero-order valence-electron chi connectivity index (χ0n) is 25.4. The second-order valence-corrected chi connectivity index (χ2v) is 11.8. The maximum absolute atomic E-state index is 14.4. The van der Waals surface area contributed by atoms with E-state index in [0.29, 0.717) is 24.0 Å². The molecule has 6 atom stereocenters. The van der Waals surface area contributed by atoms with Crippen molar-refractivity contribution in [3.63, 3.8) is 0 Å². The van der Waals surface area contributed by atoms with Gasteiger partial charge in [-0.2, -0.15) is 5.26 Å². The average Bonchev–Trinajstić information content (AvgIpc) is 3.67. The molecule has 1 saturated heterocycles. The molecule has 0 bridgehead atoms. The predicted molar refractivity (Wildman–Crippen MR) is 168 cm³/mol. The van der Waals surface area contributed by atoms with E-state index in [4.69, 9.17) is 5.73 Å². The van der Waals surface area contributed by atoms with Crippen LogP contribution in [-0.2, 0) is 32.0 Å². The summed E-state index contributed by atoms with van der Waals surface area (Å²) in [7, 11) is 1.58. The maximum atomic E-state index is 14.4. The first-order chi connectivity index (χ1) is 21.7. The van der Waals surface area contributed by atoms with E-state index in [1.807, 2.05) is 54.6 Å². The molecule has 0 radical (unpaired) electrons. The summed E-state index contributed by atoms with van der Waals surface area (Å²) in [4.78, 5) is 55.7. The third-order valence-electron chi connectivity index (χ3n) is 8.80. The summed E-state index contributed by atoms with van der Waals surface area (Å²) in [6, 6.07) is 23.1. The summed E-state index contributed by atoms with van der Waals surface area (Å²) >= 11 is 0. The Labute approximate surface area is 263 Å². The fourth-order valence-corrected chi connectivity index (χ4v) is 6.45. The molecular weight excluding hydrogens is 568 g/mol. The van der Waals surface area contributed by atoms with Gasteiger partial charge in [-0.3, -0.25) is 19.2 Å². The Balaban J connectivity index is 1.46. The quantitative estimate of drug-likeness (QED) is 0.292. The molecule has 2 aliphatic rings. The van der Waals surface area contributed by atoms with E-state index in [-0.39, 0.29) is 30.7 Å². The molecule has 2 unspecified atom stereocenters. The van der Waals surface area contributed by atoms with Gasteiger partial charge in [-0.25, -0.2) is 0 Å². The van der Waals surface area contributed by atoms with Crippen LogP contribution in [0.15, 0.2) is 78.9 Å². The molecule has 5 N–H and O–H groups in total. The highest BCUT2D eigenvalue weighted by molar-refractivity contribution is 5.94. The van der Waals surface area contributed by atoms with E-state index < -0.39 is 41.9 Å². The molecule has 1 aliphatic carbocycles. The van der Waals surface area contributed by atoms with Gasteiger partial charge in [0.15, 0.2) is 0 Å². The average molecular weight is 607 g/mol. The highest BCUT2D eigenvalue weighted by atomic mass is 16.2. The van der Waals surface area contributed by atoms with Gasteiger partial charge in [0.05, 0.1) is 29.6 Å². The Morgan fingerprint density at radius 2 is 1.73 bits per heavy atom. The second-order valence-electron chi connectivity index (χ2n) is 11.8. The number of amides is 4. The number of nitrogens with zero attached hydrogens (tertiary/aromatic N) is 2. The smallest absolute Gasteiger partial charge is 0.246 e. The van der Waals surface area contributed by atoms with E-state index in [0.717, 1.165) is 16.7 Å². The number of hydrogen-bond acceptors (Lipinski definition) is 6. The molecule has 1 aliphatic heterocycles. The minimum Gasteiger partial charge on any atom is -0.359 e. The van der Waals surface area contributed by atoms with E-state index in [9.17, 15) is 24.4 Å². The number of benzene rings is 3. The topological polar surface area (TPSA) is 157 Å². The molecule has 5 rings (SSSR count). The zero-order chi connectivity index (χ0) is 32.1. The van der Waals surface area contributed by atoms with Gasteiger partial charge < -0.3 is 26.6 Å². The fourth-order valence-electron chi connectivity index (χ4n) is 6.45. The standard InChI is InChI=1S/C35H38N6O4/c1-21(37)32(42)39-29(16-22-9-8-10-23(15-22)19-36)35(45)41-20-26(24-11-4-3-5-12-24)18-30(41)34(44)40-31-27-14-7-6-13-25(27)17-28(31)33(43)38-2/h3-15,21,26,28-31H,16-18,20,37H2,1-2H3,(H,38,43)(H,39,42)(H,40,44)/t21?,26-,28+,29?,30-,31-/m0/s1. The minimum atomic E-state index is -1.02. The van der Waals surface area contributed by atoms with Crippen LogP contribution in [0.2, 0.25) is 0 Å². The number of likely N-dealkylation sites (tertiary alicyclic amines) is 1. The summed E-state index contributed by atoms with van der Waals surface area (Å²) in [6.45, 7) is 1.80. The molecular formula is C35H38N6O4. The maximum Gasteiger partial charge on any atom is 0.246 e. The first kappa shape index (κ1) is 31.4. The van der Waals surface area contributed by atoms with Gasteiger partial charge in [-0.1, -0.05) is 66.7 Å². The van der Waals surface area contributed by atoms with Crippen LogP contribution >= 0.6 is 0 Å². The summed E-state index contributed by atoms with van der Waals surface area (Å²) in [5, 5.41) is 18.0. The molecule has 3 aromatic rings. The molecule has 232 valence electrons. The molecule has 0 spiro atoms. The highest BCUT2D eigenvalue weighted by Crippen LogP contribution is 2.38. The molecule has 0 aromatic heterocycles. The van der Waals surface area contributed by atoms with Crippen molar-refractivity contribution >= 4 is 23.6 Å². The van der Waals surface area contributed by atoms with Crippen LogP contribution in [0.4, 0.5) is 0 Å². The van der Waals surface area contributed by atoms with Crippen LogP contribution < -0.4 is 21.7 Å². The lowest BCUT2D eigenvalue weighted by Crippen LogP contribution is -2.56. The van der Waals surface area contributed by atoms with Crippen LogP contribution in [-0.4, -0.2) is 60.2 Å². The molecule has 1 heterocycles. The molecule has 4 amide bonds. The molecule has 1 fully saturated rings. The Bertz CT molecular complexity index is 1620. The number of nitrogens with two attached hydrogens (primary N) is 1. The van der Waals surface area contributed by atoms with E-state index in [1.54, 1.807) is 36.2 Å². The van der Waals surface area contributed by atoms with Gasteiger partial charge in [0, 0.05) is 25.9 Å². The summed E-state index contributed by atoms with van der Waals surface area (Å²) < 4.78 is 0. The van der Waals surface area contributed by atoms with E-state index in [2.05, 4.69) is 22.0 Å². The predicted octanol–water partition coefficient (Wildman–Crippen LogP) is 2.09. The SMILES string of the molecule is CNC(=O)[C@@H]1Cc2ccccc2[C@@H]1NC(=O)[C@@H]1C[C@H](c2ccccc2)CN1C(=O)C(Cc1cccc(C#N)c1)NC(=O)C(C)N. The lowest BCUT2D eigenvalue weighted by molar-refractivity contribution is -0.142. The third-order valence-corrected chi connectivity index (χ3v) is 8.80. The first-order valence-corrected chi connectivity index (χ1v) is 15.2. The Kier molecular flexibility index (Phi) is 9.59. The van der Waals surface area contributed by atoms with Crippen molar-refractivity contribution in [3.05, 3.63) is 107 Å². The lowest BCUT2D eigenvalue weighted by Gasteiger charge is -2.30. The van der Waals surface area contributed by atoms with Crippen LogP contribution in [0.25, 0.3) is 0 Å². The number of carbonyl (C=O) groups excluding carboxylic acids is 4. The highest BCUT2D eigenvalue weighted by Gasteiger charge is 2.45. The Morgan fingerprint density at radius 1 is 1.00 bits per heavy atom. The van der Waals surface area contributed by atoms with Crippen LogP contribution in [0, 0.1) is 17.2 Å². The number of nitriles is 1. The van der Waals surface area contributed by atoms with Crippen molar-refractivity contribution in [3.8, 4) is 6.07 Å². The monoisotopic (exact) mass is 606 g/mol. The van der Waals surface area contributed by atoms with Crippen LogP contribution in [0.1, 0.15) is 53.1 Å². The molecule has 10 nitrogen and oxygen atoms in total. The van der Waals surface area contributed by atoms with Gasteiger partial charge in [0.1, 0.15) is 12.1 Å². The third kappa shape index (κ3) is 6.89. The number of nitrogens with one attached hydrogen (secondary N) is 3. The van der Waals surface area contributed by atoms with Crippen molar-refractivity contribution in [1.82, 2.24) is 20.9 Å². The normalized spacial score (nSPS) is 21.6. The van der Waals surface area contributed by atoms with Crippen molar-refractivity contribution < 1.29 is 19.2 Å². The van der Waals surface area contributed by atoms with Crippen LogP contribution in [0.3, 0.4) is 0 Å². The second kappa shape index (κ2) is 13.7. The van der Waals surface area contributed by atoms with Crippen molar-refractivity contribution in [2.45, 2.75) is 56.3 Å². The van der Waals surface area contributed by atoms with Gasteiger partial charge >= 0.3 is 0 Å². The Morgan fingerprint density at radius 3 is 2.44 bits per heavy atom. The number of rotatable bonds is 9. The van der Waals surface area contributed by atoms with Crippen LogP contribution in [0.5, 0.6) is 0 Å². The lowest BCUT2D eigenvalue weighted by atomic mass is 9.95. The fraction of sp³-hybridized carbons (Fsp3) is 0.343. The largest absolute Gasteiger partial charge is 0.359 e. The van der Waals surface area contributed by atoms with Gasteiger partial charge in [-0.05, 0) is 54.2 Å². The Hall–Kier alpha value is -5.01. The van der Waals surface area contributed by atoms with Gasteiger partial charge in [0.25, 0.3) is 0 Å². The zero-order valence-corrected chi connectivity index (χ0v) is 25.4. The number of fused-ring (bicyclic) bond motifs is 1. The van der Waals surface area contributed by atoms with Gasteiger partial charge in [-0.15, -0.1) is 0 Å². The number of hydrogen-bond donors (Lipinski definition) is 4. The minimum absolute atomic E-state index is 0.113. The molecule has 45 heavy (non-hydrogen) atoms. The summed E-state index contributed by atoms with van der Waals surface area (Å²) in [6.07, 6.45) is 0.981. The van der Waals surface area contributed by atoms with E-state index in [1.165, 1.54) is 6.92 Å². The van der Waals surface area contributed by atoms with Crippen molar-refractivity contribution in [1.29, 1.82) is 5.26 Å². The molecule has 3 aromatic carbocycles. The van der Waals surface area contributed by atoms with Crippen molar-refractivity contribution in [2.75, 3.05) is 13.6 Å². The van der Waals surface area contributed by atoms with E-state index >= 15 is 0 Å². The molecule has 0 saturated carbocycles. The molecule has 10 heteroatoms. The summed E-state index contributed by atoms with van der Waals surface area (Å²) in [5.74, 6) is -2.06. The van der Waals surface area contributed by atoms with Gasteiger partial charge in [0.2, 0.25) is 23.6 Å².